The normalized spacial score (nSPS) is 19.6. The number of nitrogens with two attached hydrogens (primary N) is 1. The van der Waals surface area contributed by atoms with Crippen molar-refractivity contribution in [2.75, 3.05) is 18.6 Å². The highest BCUT2D eigenvalue weighted by Gasteiger charge is 2.26. The number of benzene rings is 1. The third kappa shape index (κ3) is 3.06. The van der Waals surface area contributed by atoms with E-state index in [9.17, 15) is 8.42 Å². The lowest BCUT2D eigenvalue weighted by Crippen LogP contribution is -2.35. The quantitative estimate of drug-likeness (QED) is 0.558. The monoisotopic (exact) mass is 285 g/mol. The van der Waals surface area contributed by atoms with Crippen LogP contribution < -0.4 is 16.0 Å². The highest BCUT2D eigenvalue weighted by atomic mass is 32.2. The second-order valence-electron chi connectivity index (χ2n) is 4.77. The molecule has 1 fully saturated rings. The Balaban J connectivity index is 2.34. The smallest absolute Gasteiger partial charge is 0.241 e. The SMILES string of the molecule is Cc1cc(NN)cc(C)c1S(=O)(=O)NC1CCOC1. The zero-order valence-corrected chi connectivity index (χ0v) is 11.9. The fraction of sp³-hybridized carbons (Fsp3) is 0.500. The van der Waals surface area contributed by atoms with Crippen molar-refractivity contribution >= 4 is 15.7 Å². The van der Waals surface area contributed by atoms with Crippen molar-refractivity contribution in [2.45, 2.75) is 31.2 Å². The van der Waals surface area contributed by atoms with E-state index in [1.807, 2.05) is 0 Å². The number of hydrazine groups is 1. The fourth-order valence-electron chi connectivity index (χ4n) is 2.36. The van der Waals surface area contributed by atoms with Gasteiger partial charge < -0.3 is 10.2 Å². The lowest BCUT2D eigenvalue weighted by Gasteiger charge is -2.16. The average molecular weight is 285 g/mol. The lowest BCUT2D eigenvalue weighted by molar-refractivity contribution is 0.192. The molecule has 0 radical (unpaired) electrons. The first-order valence-electron chi connectivity index (χ1n) is 6.12. The minimum absolute atomic E-state index is 0.142. The zero-order chi connectivity index (χ0) is 14.0. The van der Waals surface area contributed by atoms with Gasteiger partial charge in [0.1, 0.15) is 0 Å². The number of nitrogen functional groups attached to an aromatic ring is 1. The summed E-state index contributed by atoms with van der Waals surface area (Å²) in [6.45, 7) is 4.54. The molecule has 6 nitrogen and oxygen atoms in total. The zero-order valence-electron chi connectivity index (χ0n) is 11.1. The molecule has 1 aliphatic heterocycles. The summed E-state index contributed by atoms with van der Waals surface area (Å²) >= 11 is 0. The molecule has 1 aromatic carbocycles. The summed E-state index contributed by atoms with van der Waals surface area (Å²) in [4.78, 5) is 0.318. The van der Waals surface area contributed by atoms with Crippen LogP contribution in [0.15, 0.2) is 17.0 Å². The van der Waals surface area contributed by atoms with Crippen molar-refractivity contribution in [2.24, 2.45) is 5.84 Å². The highest BCUT2D eigenvalue weighted by molar-refractivity contribution is 7.89. The molecule has 0 aromatic heterocycles. The van der Waals surface area contributed by atoms with Crippen LogP contribution in [0.5, 0.6) is 0 Å². The van der Waals surface area contributed by atoms with Crippen LogP contribution in [0.2, 0.25) is 0 Å². The number of sulfonamides is 1. The number of hydrogen-bond acceptors (Lipinski definition) is 5. The maximum absolute atomic E-state index is 12.4. The van der Waals surface area contributed by atoms with Crippen molar-refractivity contribution in [3.05, 3.63) is 23.3 Å². The van der Waals surface area contributed by atoms with Gasteiger partial charge in [-0.05, 0) is 43.5 Å². The van der Waals surface area contributed by atoms with Crippen LogP contribution in [-0.2, 0) is 14.8 Å². The molecule has 1 aromatic rings. The van der Waals surface area contributed by atoms with Gasteiger partial charge in [0.25, 0.3) is 0 Å². The number of anilines is 1. The third-order valence-corrected chi connectivity index (χ3v) is 4.97. The minimum atomic E-state index is -3.53. The summed E-state index contributed by atoms with van der Waals surface area (Å²) in [6.07, 6.45) is 0.708. The van der Waals surface area contributed by atoms with Gasteiger partial charge in [0, 0.05) is 18.3 Å². The predicted octanol–water partition coefficient (Wildman–Crippen LogP) is 0.656. The Morgan fingerprint density at radius 1 is 1.32 bits per heavy atom. The maximum Gasteiger partial charge on any atom is 0.241 e. The van der Waals surface area contributed by atoms with Crippen molar-refractivity contribution in [1.29, 1.82) is 0 Å². The van der Waals surface area contributed by atoms with E-state index in [0.717, 1.165) is 0 Å². The molecule has 1 saturated heterocycles. The Morgan fingerprint density at radius 3 is 2.42 bits per heavy atom. The molecule has 0 spiro atoms. The lowest BCUT2D eigenvalue weighted by atomic mass is 10.1. The number of rotatable bonds is 4. The van der Waals surface area contributed by atoms with Gasteiger partial charge in [-0.3, -0.25) is 5.84 Å². The Hall–Kier alpha value is -1.15. The number of hydrogen-bond donors (Lipinski definition) is 3. The van der Waals surface area contributed by atoms with Gasteiger partial charge in [-0.2, -0.15) is 0 Å². The van der Waals surface area contributed by atoms with Crippen LogP contribution in [0.3, 0.4) is 0 Å². The van der Waals surface area contributed by atoms with Gasteiger partial charge in [-0.1, -0.05) is 0 Å². The Kier molecular flexibility index (Phi) is 4.10. The van der Waals surface area contributed by atoms with Crippen LogP contribution in [0.25, 0.3) is 0 Å². The summed E-state index contributed by atoms with van der Waals surface area (Å²) in [5.41, 5.74) is 4.55. The minimum Gasteiger partial charge on any atom is -0.380 e. The van der Waals surface area contributed by atoms with E-state index < -0.39 is 10.0 Å². The number of aryl methyl sites for hydroxylation is 2. The molecule has 1 aliphatic rings. The third-order valence-electron chi connectivity index (χ3n) is 3.15. The van der Waals surface area contributed by atoms with E-state index >= 15 is 0 Å². The van der Waals surface area contributed by atoms with Gasteiger partial charge in [-0.25, -0.2) is 13.1 Å². The Morgan fingerprint density at radius 2 is 1.95 bits per heavy atom. The number of ether oxygens (including phenoxy) is 1. The van der Waals surface area contributed by atoms with Crippen molar-refractivity contribution in [3.8, 4) is 0 Å². The first-order valence-corrected chi connectivity index (χ1v) is 7.60. The van der Waals surface area contributed by atoms with Gasteiger partial charge >= 0.3 is 0 Å². The van der Waals surface area contributed by atoms with Gasteiger partial charge in [0.2, 0.25) is 10.0 Å². The molecule has 1 atom stereocenters. The van der Waals surface area contributed by atoms with Crippen LogP contribution >= 0.6 is 0 Å². The molecule has 0 bridgehead atoms. The van der Waals surface area contributed by atoms with Crippen LogP contribution in [0.4, 0.5) is 5.69 Å². The summed E-state index contributed by atoms with van der Waals surface area (Å²) in [7, 11) is -3.53. The molecule has 19 heavy (non-hydrogen) atoms. The molecule has 106 valence electrons. The molecule has 7 heteroatoms. The van der Waals surface area contributed by atoms with Crippen LogP contribution in [0.1, 0.15) is 17.5 Å². The van der Waals surface area contributed by atoms with E-state index in [1.165, 1.54) is 0 Å². The molecule has 0 amide bonds. The summed E-state index contributed by atoms with van der Waals surface area (Å²) in [5, 5.41) is 0. The first-order chi connectivity index (χ1) is 8.94. The Bertz CT molecular complexity index is 543. The second-order valence-corrected chi connectivity index (χ2v) is 6.42. The standard InChI is InChI=1S/C12H19N3O3S/c1-8-5-11(14-13)6-9(2)12(8)19(16,17)15-10-3-4-18-7-10/h5-6,10,14-15H,3-4,7,13H2,1-2H3. The predicted molar refractivity (Wildman–Crippen MR) is 73.3 cm³/mol. The van der Waals surface area contributed by atoms with E-state index in [4.69, 9.17) is 10.6 Å². The molecular formula is C12H19N3O3S. The van der Waals surface area contributed by atoms with Gasteiger partial charge in [0.05, 0.1) is 11.5 Å². The topological polar surface area (TPSA) is 93.5 Å². The largest absolute Gasteiger partial charge is 0.380 e. The van der Waals surface area contributed by atoms with Crippen molar-refractivity contribution in [1.82, 2.24) is 4.72 Å². The summed E-state index contributed by atoms with van der Waals surface area (Å²) < 4.78 is 32.7. The van der Waals surface area contributed by atoms with E-state index in [-0.39, 0.29) is 6.04 Å². The van der Waals surface area contributed by atoms with E-state index in [2.05, 4.69) is 10.1 Å². The van der Waals surface area contributed by atoms with Gasteiger partial charge in [0.15, 0.2) is 0 Å². The molecular weight excluding hydrogens is 266 g/mol. The van der Waals surface area contributed by atoms with E-state index in [0.29, 0.717) is 41.3 Å². The second kappa shape index (κ2) is 5.46. The fourth-order valence-corrected chi connectivity index (χ4v) is 4.07. The average Bonchev–Trinajstić information content (AvgIpc) is 2.79. The van der Waals surface area contributed by atoms with Crippen LogP contribution in [-0.4, -0.2) is 27.7 Å². The van der Waals surface area contributed by atoms with Crippen molar-refractivity contribution < 1.29 is 13.2 Å². The molecule has 2 rings (SSSR count). The molecule has 1 unspecified atom stereocenters. The first kappa shape index (κ1) is 14.3. The highest BCUT2D eigenvalue weighted by Crippen LogP contribution is 2.24. The summed E-state index contributed by atoms with van der Waals surface area (Å²) in [6, 6.07) is 3.29. The van der Waals surface area contributed by atoms with Crippen LogP contribution in [0, 0.1) is 13.8 Å². The molecule has 0 saturated carbocycles. The van der Waals surface area contributed by atoms with Crippen molar-refractivity contribution in [3.63, 3.8) is 0 Å². The molecule has 4 N–H and O–H groups in total. The van der Waals surface area contributed by atoms with E-state index in [1.54, 1.807) is 26.0 Å². The number of nitrogens with one attached hydrogen (secondary N) is 2. The maximum atomic E-state index is 12.4. The Labute approximate surface area is 113 Å². The van der Waals surface area contributed by atoms with Gasteiger partial charge in [-0.15, -0.1) is 0 Å². The summed E-state index contributed by atoms with van der Waals surface area (Å²) in [5.74, 6) is 5.35. The molecule has 0 aliphatic carbocycles. The molecule has 1 heterocycles.